The van der Waals surface area contributed by atoms with Crippen molar-refractivity contribution < 1.29 is 0 Å². The van der Waals surface area contributed by atoms with Crippen molar-refractivity contribution in [3.63, 3.8) is 0 Å². The van der Waals surface area contributed by atoms with Crippen LogP contribution in [0.3, 0.4) is 0 Å². The van der Waals surface area contributed by atoms with Gasteiger partial charge in [-0.15, -0.1) is 11.3 Å². The summed E-state index contributed by atoms with van der Waals surface area (Å²) in [5.41, 5.74) is 0.839. The number of thiazole rings is 1. The van der Waals surface area contributed by atoms with Crippen LogP contribution in [0.5, 0.6) is 0 Å². The molecule has 0 aromatic carbocycles. The molecule has 2 bridgehead atoms. The molecule has 2 aliphatic heterocycles. The zero-order chi connectivity index (χ0) is 12.8. The molecule has 0 atom stereocenters. The maximum Gasteiger partial charge on any atom is 0.254 e. The minimum Gasteiger partial charge on any atom is -0.296 e. The largest absolute Gasteiger partial charge is 0.296 e. The summed E-state index contributed by atoms with van der Waals surface area (Å²) in [4.78, 5) is 21.4. The molecular weight excluding hydrogens is 258 g/mol. The van der Waals surface area contributed by atoms with Gasteiger partial charge in [0.1, 0.15) is 16.5 Å². The van der Waals surface area contributed by atoms with Gasteiger partial charge in [0, 0.05) is 30.1 Å². The highest BCUT2D eigenvalue weighted by molar-refractivity contribution is 7.13. The first kappa shape index (κ1) is 11.3. The van der Waals surface area contributed by atoms with Crippen molar-refractivity contribution in [2.24, 2.45) is 5.92 Å². The van der Waals surface area contributed by atoms with E-state index in [4.69, 9.17) is 4.98 Å². The van der Waals surface area contributed by atoms with Crippen LogP contribution < -0.4 is 5.56 Å². The number of hydrogen-bond donors (Lipinski definition) is 0. The standard InChI is InChI=1S/C14H15N3OS/c18-12-7-11(14-15-5-6-19-14)16-13-10-3-1-9(2-4-10)8-17(12)13/h5-7,9-10H,1-4,8H2. The fraction of sp³-hybridized carbons (Fsp3) is 0.500. The summed E-state index contributed by atoms with van der Waals surface area (Å²) in [5, 5.41) is 2.77. The van der Waals surface area contributed by atoms with E-state index >= 15 is 0 Å². The smallest absolute Gasteiger partial charge is 0.254 e. The van der Waals surface area contributed by atoms with Crippen LogP contribution in [-0.2, 0) is 6.54 Å². The third kappa shape index (κ3) is 1.84. The van der Waals surface area contributed by atoms with E-state index in [0.717, 1.165) is 23.1 Å². The lowest BCUT2D eigenvalue weighted by molar-refractivity contribution is 0.330. The Kier molecular flexibility index (Phi) is 2.55. The third-order valence-corrected chi connectivity index (χ3v) is 5.14. The maximum absolute atomic E-state index is 12.4. The van der Waals surface area contributed by atoms with Gasteiger partial charge in [-0.1, -0.05) is 0 Å². The van der Waals surface area contributed by atoms with Crippen LogP contribution in [-0.4, -0.2) is 14.5 Å². The molecule has 1 saturated carbocycles. The second-order valence-electron chi connectivity index (χ2n) is 5.50. The first-order chi connectivity index (χ1) is 9.31. The van der Waals surface area contributed by atoms with Crippen molar-refractivity contribution in [2.45, 2.75) is 38.1 Å². The Bertz CT molecular complexity index is 654. The van der Waals surface area contributed by atoms with E-state index in [2.05, 4.69) is 4.98 Å². The average Bonchev–Trinajstić information content (AvgIpc) is 2.84. The number of hydrogen-bond acceptors (Lipinski definition) is 4. The maximum atomic E-state index is 12.4. The summed E-state index contributed by atoms with van der Waals surface area (Å²) >= 11 is 1.54. The Morgan fingerprint density at radius 1 is 1.26 bits per heavy atom. The molecule has 3 aliphatic rings. The Morgan fingerprint density at radius 2 is 2.11 bits per heavy atom. The van der Waals surface area contributed by atoms with Crippen molar-refractivity contribution in [3.05, 3.63) is 33.8 Å². The summed E-state index contributed by atoms with van der Waals surface area (Å²) < 4.78 is 1.91. The van der Waals surface area contributed by atoms with Crippen LogP contribution in [0.4, 0.5) is 0 Å². The molecule has 1 fully saturated rings. The highest BCUT2D eigenvalue weighted by Crippen LogP contribution is 2.39. The summed E-state index contributed by atoms with van der Waals surface area (Å²) in [6.07, 6.45) is 6.59. The topological polar surface area (TPSA) is 47.8 Å². The molecule has 0 spiro atoms. The van der Waals surface area contributed by atoms with Gasteiger partial charge in [0.15, 0.2) is 0 Å². The molecule has 0 N–H and O–H groups in total. The molecule has 5 heteroatoms. The lowest BCUT2D eigenvalue weighted by Gasteiger charge is -2.21. The zero-order valence-electron chi connectivity index (χ0n) is 10.6. The molecule has 2 aromatic heterocycles. The predicted molar refractivity (Wildman–Crippen MR) is 74.3 cm³/mol. The van der Waals surface area contributed by atoms with Crippen molar-refractivity contribution in [1.29, 1.82) is 0 Å². The van der Waals surface area contributed by atoms with E-state index in [1.165, 1.54) is 37.0 Å². The quantitative estimate of drug-likeness (QED) is 0.802. The van der Waals surface area contributed by atoms with Crippen molar-refractivity contribution in [1.82, 2.24) is 14.5 Å². The molecule has 0 radical (unpaired) electrons. The van der Waals surface area contributed by atoms with Gasteiger partial charge in [-0.2, -0.15) is 0 Å². The van der Waals surface area contributed by atoms with E-state index in [9.17, 15) is 4.79 Å². The van der Waals surface area contributed by atoms with E-state index < -0.39 is 0 Å². The Morgan fingerprint density at radius 3 is 2.84 bits per heavy atom. The van der Waals surface area contributed by atoms with Gasteiger partial charge in [0.05, 0.1) is 0 Å². The Hall–Kier alpha value is -1.49. The summed E-state index contributed by atoms with van der Waals surface area (Å²) in [6, 6.07) is 1.65. The van der Waals surface area contributed by atoms with E-state index in [-0.39, 0.29) is 5.56 Å². The summed E-state index contributed by atoms with van der Waals surface area (Å²) in [5.74, 6) is 2.13. The molecule has 5 rings (SSSR count). The van der Waals surface area contributed by atoms with Gasteiger partial charge in [-0.25, -0.2) is 9.97 Å². The van der Waals surface area contributed by atoms with Crippen molar-refractivity contribution in [2.75, 3.05) is 0 Å². The van der Waals surface area contributed by atoms with Gasteiger partial charge < -0.3 is 0 Å². The molecular formula is C14H15N3OS. The van der Waals surface area contributed by atoms with E-state index in [0.29, 0.717) is 11.8 Å². The van der Waals surface area contributed by atoms with Gasteiger partial charge in [-0.05, 0) is 31.6 Å². The second-order valence-corrected chi connectivity index (χ2v) is 6.40. The van der Waals surface area contributed by atoms with Crippen LogP contribution in [0, 0.1) is 5.92 Å². The minimum absolute atomic E-state index is 0.0917. The fourth-order valence-electron chi connectivity index (χ4n) is 3.34. The SMILES string of the molecule is O=c1cc(-c2nccs2)nc2n1CC1CCC2CC1. The highest BCUT2D eigenvalue weighted by atomic mass is 32.1. The molecule has 0 unspecified atom stereocenters. The van der Waals surface area contributed by atoms with Crippen LogP contribution in [0.25, 0.3) is 10.7 Å². The van der Waals surface area contributed by atoms with Crippen molar-refractivity contribution in [3.8, 4) is 10.7 Å². The Balaban J connectivity index is 1.90. The van der Waals surface area contributed by atoms with Crippen LogP contribution in [0.2, 0.25) is 0 Å². The number of nitrogens with zero attached hydrogens (tertiary/aromatic N) is 3. The predicted octanol–water partition coefficient (Wildman–Crippen LogP) is 2.65. The first-order valence-electron chi connectivity index (χ1n) is 6.83. The van der Waals surface area contributed by atoms with Crippen LogP contribution in [0.15, 0.2) is 22.4 Å². The summed E-state index contributed by atoms with van der Waals surface area (Å²) in [6.45, 7) is 0.857. The number of fused-ring (bicyclic) bond motifs is 2. The lowest BCUT2D eigenvalue weighted by atomic mass is 9.83. The first-order valence-corrected chi connectivity index (χ1v) is 7.71. The van der Waals surface area contributed by atoms with Gasteiger partial charge in [-0.3, -0.25) is 9.36 Å². The monoisotopic (exact) mass is 273 g/mol. The van der Waals surface area contributed by atoms with E-state index in [1.54, 1.807) is 12.3 Å². The molecule has 1 aliphatic carbocycles. The molecule has 4 heterocycles. The van der Waals surface area contributed by atoms with Gasteiger partial charge >= 0.3 is 0 Å². The number of aromatic nitrogens is 3. The average molecular weight is 273 g/mol. The fourth-order valence-corrected chi connectivity index (χ4v) is 3.94. The zero-order valence-corrected chi connectivity index (χ0v) is 11.4. The minimum atomic E-state index is 0.0917. The molecule has 0 amide bonds. The molecule has 98 valence electrons. The van der Waals surface area contributed by atoms with E-state index in [1.807, 2.05) is 9.95 Å². The van der Waals surface area contributed by atoms with Gasteiger partial charge in [0.25, 0.3) is 5.56 Å². The van der Waals surface area contributed by atoms with Crippen LogP contribution in [0.1, 0.15) is 37.4 Å². The molecule has 2 aromatic rings. The summed E-state index contributed by atoms with van der Waals surface area (Å²) in [7, 11) is 0. The normalized spacial score (nSPS) is 25.1. The highest BCUT2D eigenvalue weighted by Gasteiger charge is 2.31. The number of rotatable bonds is 1. The van der Waals surface area contributed by atoms with Crippen molar-refractivity contribution >= 4 is 11.3 Å². The van der Waals surface area contributed by atoms with Crippen LogP contribution >= 0.6 is 11.3 Å². The van der Waals surface area contributed by atoms with Gasteiger partial charge in [0.2, 0.25) is 0 Å². The Labute approximate surface area is 115 Å². The second kappa shape index (κ2) is 4.27. The molecule has 19 heavy (non-hydrogen) atoms. The molecule has 4 nitrogen and oxygen atoms in total. The lowest BCUT2D eigenvalue weighted by Crippen LogP contribution is -2.25. The molecule has 0 saturated heterocycles. The third-order valence-electron chi connectivity index (χ3n) is 4.34.